The van der Waals surface area contributed by atoms with Crippen LogP contribution in [0.2, 0.25) is 5.02 Å². The Morgan fingerprint density at radius 3 is 2.33 bits per heavy atom. The lowest BCUT2D eigenvalue weighted by molar-refractivity contribution is -0.139. The molecular formula is C11H14ClNO2. The maximum absolute atomic E-state index is 10.6. The van der Waals surface area contributed by atoms with Gasteiger partial charge in [-0.25, -0.2) is 0 Å². The van der Waals surface area contributed by atoms with E-state index in [4.69, 9.17) is 16.7 Å². The molecule has 2 N–H and O–H groups in total. The van der Waals surface area contributed by atoms with Crippen molar-refractivity contribution < 1.29 is 9.90 Å². The summed E-state index contributed by atoms with van der Waals surface area (Å²) in [4.78, 5) is 10.6. The molecule has 3 nitrogen and oxygen atoms in total. The Labute approximate surface area is 94.1 Å². The van der Waals surface area contributed by atoms with Crippen molar-refractivity contribution >= 4 is 17.6 Å². The molecule has 1 aromatic carbocycles. The molecule has 2 atom stereocenters. The first-order chi connectivity index (χ1) is 7.00. The summed E-state index contributed by atoms with van der Waals surface area (Å²) in [6, 6.07) is 6.79. The van der Waals surface area contributed by atoms with Crippen molar-refractivity contribution in [1.29, 1.82) is 0 Å². The SMILES string of the molecule is CC(N[C@H](C)c1ccc(Cl)cc1)C(=O)O. The fourth-order valence-corrected chi connectivity index (χ4v) is 1.42. The number of carboxylic acid groups (broad SMARTS) is 1. The molecule has 0 fully saturated rings. The fourth-order valence-electron chi connectivity index (χ4n) is 1.29. The molecule has 0 spiro atoms. The number of carbonyl (C=O) groups is 1. The van der Waals surface area contributed by atoms with E-state index in [2.05, 4.69) is 5.32 Å². The summed E-state index contributed by atoms with van der Waals surface area (Å²) in [6.45, 7) is 3.54. The van der Waals surface area contributed by atoms with Gasteiger partial charge in [0.05, 0.1) is 0 Å². The van der Waals surface area contributed by atoms with E-state index >= 15 is 0 Å². The number of hydrogen-bond donors (Lipinski definition) is 2. The molecule has 0 saturated heterocycles. The Morgan fingerprint density at radius 2 is 1.87 bits per heavy atom. The van der Waals surface area contributed by atoms with Crippen molar-refractivity contribution in [3.05, 3.63) is 34.9 Å². The van der Waals surface area contributed by atoms with Crippen LogP contribution in [0.1, 0.15) is 25.5 Å². The van der Waals surface area contributed by atoms with Gasteiger partial charge in [-0.3, -0.25) is 10.1 Å². The third-order valence-electron chi connectivity index (χ3n) is 2.24. The predicted octanol–water partition coefficient (Wildman–Crippen LogP) is 2.46. The first kappa shape index (κ1) is 12.0. The van der Waals surface area contributed by atoms with Gasteiger partial charge >= 0.3 is 5.97 Å². The van der Waals surface area contributed by atoms with Crippen molar-refractivity contribution in [1.82, 2.24) is 5.32 Å². The van der Waals surface area contributed by atoms with E-state index < -0.39 is 12.0 Å². The van der Waals surface area contributed by atoms with Crippen LogP contribution in [0.5, 0.6) is 0 Å². The number of halogens is 1. The van der Waals surface area contributed by atoms with Crippen LogP contribution in [0.25, 0.3) is 0 Å². The van der Waals surface area contributed by atoms with Gasteiger partial charge in [0.25, 0.3) is 0 Å². The third-order valence-corrected chi connectivity index (χ3v) is 2.49. The topological polar surface area (TPSA) is 49.3 Å². The molecule has 0 radical (unpaired) electrons. The van der Waals surface area contributed by atoms with E-state index in [1.807, 2.05) is 19.1 Å². The number of nitrogens with one attached hydrogen (secondary N) is 1. The van der Waals surface area contributed by atoms with Crippen molar-refractivity contribution in [3.8, 4) is 0 Å². The quantitative estimate of drug-likeness (QED) is 0.831. The highest BCUT2D eigenvalue weighted by molar-refractivity contribution is 6.30. The summed E-state index contributed by atoms with van der Waals surface area (Å²) in [5, 5.41) is 12.4. The van der Waals surface area contributed by atoms with Crippen LogP contribution in [0.15, 0.2) is 24.3 Å². The molecule has 1 rings (SSSR count). The lowest BCUT2D eigenvalue weighted by Gasteiger charge is -2.17. The molecule has 82 valence electrons. The van der Waals surface area contributed by atoms with Gasteiger partial charge in [0, 0.05) is 11.1 Å². The molecule has 4 heteroatoms. The van der Waals surface area contributed by atoms with Crippen molar-refractivity contribution in [2.75, 3.05) is 0 Å². The van der Waals surface area contributed by atoms with Gasteiger partial charge < -0.3 is 5.11 Å². The van der Waals surface area contributed by atoms with E-state index in [0.29, 0.717) is 5.02 Å². The van der Waals surface area contributed by atoms with Crippen LogP contribution in [0, 0.1) is 0 Å². The minimum atomic E-state index is -0.851. The Balaban J connectivity index is 2.64. The molecular weight excluding hydrogens is 214 g/mol. The van der Waals surface area contributed by atoms with Crippen LogP contribution in [0.3, 0.4) is 0 Å². The minimum absolute atomic E-state index is 0.00614. The van der Waals surface area contributed by atoms with Crippen LogP contribution in [-0.4, -0.2) is 17.1 Å². The molecule has 0 amide bonds. The molecule has 0 aliphatic heterocycles. The normalized spacial score (nSPS) is 14.6. The monoisotopic (exact) mass is 227 g/mol. The minimum Gasteiger partial charge on any atom is -0.480 e. The molecule has 0 aliphatic carbocycles. The zero-order valence-corrected chi connectivity index (χ0v) is 9.45. The van der Waals surface area contributed by atoms with Crippen LogP contribution in [-0.2, 0) is 4.79 Å². The Hall–Kier alpha value is -1.06. The van der Waals surface area contributed by atoms with Crippen molar-refractivity contribution in [2.45, 2.75) is 25.9 Å². The Morgan fingerprint density at radius 1 is 1.33 bits per heavy atom. The number of carboxylic acids is 1. The highest BCUT2D eigenvalue weighted by Crippen LogP contribution is 2.16. The fraction of sp³-hybridized carbons (Fsp3) is 0.364. The summed E-state index contributed by atoms with van der Waals surface area (Å²) < 4.78 is 0. The standard InChI is InChI=1S/C11H14ClNO2/c1-7(13-8(2)11(14)15)9-3-5-10(12)6-4-9/h3-8,13H,1-2H3,(H,14,15)/t7-,8?/m1/s1. The molecule has 15 heavy (non-hydrogen) atoms. The smallest absolute Gasteiger partial charge is 0.320 e. The Kier molecular flexibility index (Phi) is 4.12. The lowest BCUT2D eigenvalue weighted by Crippen LogP contribution is -2.35. The van der Waals surface area contributed by atoms with E-state index in [1.165, 1.54) is 0 Å². The molecule has 0 aromatic heterocycles. The van der Waals surface area contributed by atoms with Gasteiger partial charge in [-0.15, -0.1) is 0 Å². The van der Waals surface area contributed by atoms with Crippen LogP contribution >= 0.6 is 11.6 Å². The molecule has 1 aromatic rings. The number of hydrogen-bond acceptors (Lipinski definition) is 2. The van der Waals surface area contributed by atoms with Crippen LogP contribution in [0.4, 0.5) is 0 Å². The first-order valence-electron chi connectivity index (χ1n) is 4.75. The Bertz CT molecular complexity index is 337. The van der Waals surface area contributed by atoms with Gasteiger partial charge in [-0.05, 0) is 31.5 Å². The van der Waals surface area contributed by atoms with E-state index in [0.717, 1.165) is 5.56 Å². The second kappa shape index (κ2) is 5.14. The summed E-state index contributed by atoms with van der Waals surface area (Å²) in [7, 11) is 0. The average Bonchev–Trinajstić information content (AvgIpc) is 2.18. The average molecular weight is 228 g/mol. The lowest BCUT2D eigenvalue weighted by atomic mass is 10.1. The summed E-state index contributed by atoms with van der Waals surface area (Å²) in [5.74, 6) is -0.851. The van der Waals surface area contributed by atoms with Gasteiger partial charge in [-0.1, -0.05) is 23.7 Å². The van der Waals surface area contributed by atoms with Gasteiger partial charge in [0.1, 0.15) is 6.04 Å². The largest absolute Gasteiger partial charge is 0.480 e. The molecule has 0 heterocycles. The second-order valence-corrected chi connectivity index (χ2v) is 3.94. The van der Waals surface area contributed by atoms with E-state index in [9.17, 15) is 4.79 Å². The maximum Gasteiger partial charge on any atom is 0.320 e. The van der Waals surface area contributed by atoms with E-state index in [1.54, 1.807) is 19.1 Å². The highest BCUT2D eigenvalue weighted by atomic mass is 35.5. The van der Waals surface area contributed by atoms with Gasteiger partial charge in [0.2, 0.25) is 0 Å². The second-order valence-electron chi connectivity index (χ2n) is 3.50. The zero-order chi connectivity index (χ0) is 11.4. The molecule has 1 unspecified atom stereocenters. The van der Waals surface area contributed by atoms with Crippen LogP contribution < -0.4 is 5.32 Å². The van der Waals surface area contributed by atoms with Gasteiger partial charge in [0.15, 0.2) is 0 Å². The first-order valence-corrected chi connectivity index (χ1v) is 5.13. The summed E-state index contributed by atoms with van der Waals surface area (Å²) >= 11 is 5.76. The van der Waals surface area contributed by atoms with Gasteiger partial charge in [-0.2, -0.15) is 0 Å². The number of aliphatic carboxylic acids is 1. The summed E-state index contributed by atoms with van der Waals surface area (Å²) in [5.41, 5.74) is 1.02. The van der Waals surface area contributed by atoms with E-state index in [-0.39, 0.29) is 6.04 Å². The predicted molar refractivity (Wildman–Crippen MR) is 60.1 cm³/mol. The molecule has 0 bridgehead atoms. The number of benzene rings is 1. The highest BCUT2D eigenvalue weighted by Gasteiger charge is 2.14. The molecule has 0 saturated carbocycles. The molecule has 0 aliphatic rings. The van der Waals surface area contributed by atoms with Crippen molar-refractivity contribution in [3.63, 3.8) is 0 Å². The number of rotatable bonds is 4. The summed E-state index contributed by atoms with van der Waals surface area (Å²) in [6.07, 6.45) is 0. The maximum atomic E-state index is 10.6. The zero-order valence-electron chi connectivity index (χ0n) is 8.70. The van der Waals surface area contributed by atoms with Crippen molar-refractivity contribution in [2.24, 2.45) is 0 Å². The third kappa shape index (κ3) is 3.53.